The lowest BCUT2D eigenvalue weighted by atomic mass is 10.1. The lowest BCUT2D eigenvalue weighted by Gasteiger charge is -2.45. The maximum Gasteiger partial charge on any atom is 0.0591 e. The Kier molecular flexibility index (Phi) is 6.26. The number of likely N-dealkylation sites (N-methyl/N-ethyl adjacent to an activating group) is 1. The van der Waals surface area contributed by atoms with Gasteiger partial charge in [0.15, 0.2) is 0 Å². The van der Waals surface area contributed by atoms with Crippen LogP contribution >= 0.6 is 0 Å². The Bertz CT molecular complexity index is 256. The Morgan fingerprint density at radius 2 is 1.67 bits per heavy atom. The average molecular weight is 254 g/mol. The minimum Gasteiger partial charge on any atom is -0.316 e. The molecule has 4 heteroatoms. The number of nitrogens with zero attached hydrogens (tertiary/aromatic N) is 3. The first-order valence-corrected chi connectivity index (χ1v) is 7.09. The molecule has 1 fully saturated rings. The molecule has 1 N–H and O–H groups in total. The van der Waals surface area contributed by atoms with E-state index in [9.17, 15) is 0 Å². The normalized spacial score (nSPS) is 30.1. The molecule has 0 amide bonds. The molecule has 1 heterocycles. The Morgan fingerprint density at radius 3 is 2.11 bits per heavy atom. The quantitative estimate of drug-likeness (QED) is 0.720. The van der Waals surface area contributed by atoms with Gasteiger partial charge in [0.25, 0.3) is 0 Å². The summed E-state index contributed by atoms with van der Waals surface area (Å²) in [5, 5.41) is 3.32. The first-order chi connectivity index (χ1) is 8.47. The molecule has 106 valence electrons. The number of aliphatic imine (C=N–C) groups is 1. The molecule has 1 saturated heterocycles. The van der Waals surface area contributed by atoms with Gasteiger partial charge in [0.05, 0.1) is 6.04 Å². The fourth-order valence-corrected chi connectivity index (χ4v) is 2.62. The van der Waals surface area contributed by atoms with Crippen molar-refractivity contribution >= 4 is 6.72 Å². The highest BCUT2D eigenvalue weighted by molar-refractivity contribution is 5.24. The predicted octanol–water partition coefficient (Wildman–Crippen LogP) is 1.08. The molecule has 0 bridgehead atoms. The third-order valence-electron chi connectivity index (χ3n) is 4.06. The highest BCUT2D eigenvalue weighted by Gasteiger charge is 2.29. The van der Waals surface area contributed by atoms with Crippen LogP contribution in [0.15, 0.2) is 4.99 Å². The molecule has 0 saturated carbocycles. The summed E-state index contributed by atoms with van der Waals surface area (Å²) in [6.07, 6.45) is 0. The molecule has 1 rings (SSSR count). The van der Waals surface area contributed by atoms with Crippen molar-refractivity contribution in [3.8, 4) is 0 Å². The van der Waals surface area contributed by atoms with Gasteiger partial charge in [-0.05, 0) is 41.5 Å². The first kappa shape index (κ1) is 15.6. The van der Waals surface area contributed by atoms with E-state index < -0.39 is 0 Å². The Balaban J connectivity index is 2.50. The smallest absolute Gasteiger partial charge is 0.0591 e. The van der Waals surface area contributed by atoms with Gasteiger partial charge in [-0.3, -0.25) is 14.8 Å². The summed E-state index contributed by atoms with van der Waals surface area (Å²) in [5.74, 6) is 0. The zero-order valence-corrected chi connectivity index (χ0v) is 12.7. The third kappa shape index (κ3) is 4.34. The zero-order valence-electron chi connectivity index (χ0n) is 12.7. The molecule has 4 nitrogen and oxygen atoms in total. The second-order valence-electron chi connectivity index (χ2n) is 5.83. The van der Waals surface area contributed by atoms with Crippen LogP contribution in [-0.4, -0.2) is 73.9 Å². The molecule has 0 aromatic rings. The molecule has 4 unspecified atom stereocenters. The maximum atomic E-state index is 4.11. The molecule has 1 aliphatic rings. The summed E-state index contributed by atoms with van der Waals surface area (Å²) in [5.41, 5.74) is 0. The van der Waals surface area contributed by atoms with E-state index in [0.717, 1.165) is 26.2 Å². The van der Waals surface area contributed by atoms with Crippen LogP contribution in [0.3, 0.4) is 0 Å². The SMILES string of the molecule is C=NC(C)CN1CC(C)N(CC(C)NC)CC1C. The van der Waals surface area contributed by atoms with Crippen molar-refractivity contribution in [2.24, 2.45) is 4.99 Å². The van der Waals surface area contributed by atoms with E-state index >= 15 is 0 Å². The summed E-state index contributed by atoms with van der Waals surface area (Å²) in [6, 6.07) is 2.12. The van der Waals surface area contributed by atoms with Gasteiger partial charge in [0.2, 0.25) is 0 Å². The van der Waals surface area contributed by atoms with Gasteiger partial charge in [-0.2, -0.15) is 0 Å². The van der Waals surface area contributed by atoms with Crippen LogP contribution in [0.1, 0.15) is 27.7 Å². The van der Waals surface area contributed by atoms with E-state index in [-0.39, 0.29) is 0 Å². The van der Waals surface area contributed by atoms with Crippen LogP contribution in [0.5, 0.6) is 0 Å². The molecule has 1 aliphatic heterocycles. The van der Waals surface area contributed by atoms with Gasteiger partial charge in [0, 0.05) is 44.3 Å². The Hall–Kier alpha value is -0.450. The molecule has 18 heavy (non-hydrogen) atoms. The summed E-state index contributed by atoms with van der Waals surface area (Å²) < 4.78 is 0. The van der Waals surface area contributed by atoms with Gasteiger partial charge in [0.1, 0.15) is 0 Å². The molecule has 0 radical (unpaired) electrons. The minimum absolute atomic E-state index is 0.336. The van der Waals surface area contributed by atoms with Crippen LogP contribution in [-0.2, 0) is 0 Å². The average Bonchev–Trinajstić information content (AvgIpc) is 2.34. The van der Waals surface area contributed by atoms with E-state index in [4.69, 9.17) is 0 Å². The third-order valence-corrected chi connectivity index (χ3v) is 4.06. The monoisotopic (exact) mass is 254 g/mol. The van der Waals surface area contributed by atoms with Crippen molar-refractivity contribution in [1.29, 1.82) is 0 Å². The maximum absolute atomic E-state index is 4.11. The molecule has 0 aliphatic carbocycles. The summed E-state index contributed by atoms with van der Waals surface area (Å²) in [6.45, 7) is 17.1. The van der Waals surface area contributed by atoms with Gasteiger partial charge in [-0.25, -0.2) is 0 Å². The highest BCUT2D eigenvalue weighted by Crippen LogP contribution is 2.16. The highest BCUT2D eigenvalue weighted by atomic mass is 15.3. The Morgan fingerprint density at radius 1 is 1.17 bits per heavy atom. The van der Waals surface area contributed by atoms with E-state index in [1.165, 1.54) is 0 Å². The van der Waals surface area contributed by atoms with Crippen molar-refractivity contribution < 1.29 is 0 Å². The van der Waals surface area contributed by atoms with Gasteiger partial charge in [-0.15, -0.1) is 0 Å². The number of hydrogen-bond acceptors (Lipinski definition) is 4. The van der Waals surface area contributed by atoms with E-state index in [1.54, 1.807) is 0 Å². The number of rotatable bonds is 6. The second-order valence-corrected chi connectivity index (χ2v) is 5.83. The van der Waals surface area contributed by atoms with Crippen LogP contribution in [0.4, 0.5) is 0 Å². The van der Waals surface area contributed by atoms with Crippen LogP contribution in [0.2, 0.25) is 0 Å². The van der Waals surface area contributed by atoms with Crippen molar-refractivity contribution in [2.45, 2.75) is 51.9 Å². The largest absolute Gasteiger partial charge is 0.316 e. The standard InChI is InChI=1S/C14H30N4/c1-11(15-5)7-17-9-14(4)18(10-13(17)3)8-12(2)16-6/h11-14,16H,5,7-10H2,1-4,6H3. The molecule has 0 aromatic heterocycles. The van der Waals surface area contributed by atoms with Gasteiger partial charge >= 0.3 is 0 Å². The number of piperazine rings is 1. The summed E-state index contributed by atoms with van der Waals surface area (Å²) >= 11 is 0. The molecule has 0 aromatic carbocycles. The zero-order chi connectivity index (χ0) is 13.7. The fourth-order valence-electron chi connectivity index (χ4n) is 2.62. The van der Waals surface area contributed by atoms with Gasteiger partial charge < -0.3 is 5.32 Å². The van der Waals surface area contributed by atoms with Crippen molar-refractivity contribution in [1.82, 2.24) is 15.1 Å². The minimum atomic E-state index is 0.336. The van der Waals surface area contributed by atoms with Crippen molar-refractivity contribution in [3.05, 3.63) is 0 Å². The van der Waals surface area contributed by atoms with Crippen molar-refractivity contribution in [3.63, 3.8) is 0 Å². The van der Waals surface area contributed by atoms with Crippen LogP contribution < -0.4 is 5.32 Å². The summed E-state index contributed by atoms with van der Waals surface area (Å²) in [4.78, 5) is 9.25. The topological polar surface area (TPSA) is 30.9 Å². The van der Waals surface area contributed by atoms with Crippen molar-refractivity contribution in [2.75, 3.05) is 33.2 Å². The molecular weight excluding hydrogens is 224 g/mol. The lowest BCUT2D eigenvalue weighted by molar-refractivity contribution is 0.0362. The molecule has 4 atom stereocenters. The van der Waals surface area contributed by atoms with Crippen LogP contribution in [0.25, 0.3) is 0 Å². The van der Waals surface area contributed by atoms with E-state index in [0.29, 0.717) is 24.2 Å². The fraction of sp³-hybridized carbons (Fsp3) is 0.929. The summed E-state index contributed by atoms with van der Waals surface area (Å²) in [7, 11) is 2.03. The van der Waals surface area contributed by atoms with E-state index in [1.807, 2.05) is 7.05 Å². The molecule has 0 spiro atoms. The van der Waals surface area contributed by atoms with Gasteiger partial charge in [-0.1, -0.05) is 0 Å². The number of nitrogens with one attached hydrogen (secondary N) is 1. The predicted molar refractivity (Wildman–Crippen MR) is 79.6 cm³/mol. The molecular formula is C14H30N4. The first-order valence-electron chi connectivity index (χ1n) is 7.09. The number of hydrogen-bond donors (Lipinski definition) is 1. The second kappa shape index (κ2) is 7.22. The lowest BCUT2D eigenvalue weighted by Crippen LogP contribution is -2.59. The van der Waals surface area contributed by atoms with E-state index in [2.05, 4.69) is 54.5 Å². The Labute approximate surface area is 112 Å². The van der Waals surface area contributed by atoms with Crippen LogP contribution in [0, 0.1) is 0 Å².